The average Bonchev–Trinajstić information content (AvgIpc) is 2.82. The lowest BCUT2D eigenvalue weighted by molar-refractivity contribution is -0.121. The standard InChI is InChI=1S/C26H29NO4/c1-18(19-10-12-21(13-11-19)20-8-6-5-7-9-20)27-24(28)17-15-22-14-16-23(29-2)26(31-4)25(22)30-3/h5-14,16,18H,15,17H2,1-4H3,(H,27,28). The highest BCUT2D eigenvalue weighted by Gasteiger charge is 2.17. The fraction of sp³-hybridized carbons (Fsp3) is 0.269. The van der Waals surface area contributed by atoms with Crippen LogP contribution in [0.25, 0.3) is 11.1 Å². The van der Waals surface area contributed by atoms with Gasteiger partial charge in [-0.3, -0.25) is 4.79 Å². The van der Waals surface area contributed by atoms with Crippen molar-refractivity contribution in [2.75, 3.05) is 21.3 Å². The summed E-state index contributed by atoms with van der Waals surface area (Å²) in [5.41, 5.74) is 4.30. The van der Waals surface area contributed by atoms with E-state index in [-0.39, 0.29) is 11.9 Å². The third kappa shape index (κ3) is 5.37. The summed E-state index contributed by atoms with van der Waals surface area (Å²) in [5, 5.41) is 3.08. The van der Waals surface area contributed by atoms with Gasteiger partial charge in [-0.15, -0.1) is 0 Å². The first-order valence-corrected chi connectivity index (χ1v) is 10.3. The summed E-state index contributed by atoms with van der Waals surface area (Å²) in [6, 6.07) is 22.2. The van der Waals surface area contributed by atoms with Crippen LogP contribution in [0.2, 0.25) is 0 Å². The second kappa shape index (κ2) is 10.5. The summed E-state index contributed by atoms with van der Waals surface area (Å²) < 4.78 is 16.2. The van der Waals surface area contributed by atoms with E-state index in [1.165, 1.54) is 5.56 Å². The highest BCUT2D eigenvalue weighted by atomic mass is 16.5. The number of hydrogen-bond acceptors (Lipinski definition) is 4. The van der Waals surface area contributed by atoms with Gasteiger partial charge in [0.2, 0.25) is 11.7 Å². The molecule has 5 heteroatoms. The van der Waals surface area contributed by atoms with Crippen LogP contribution in [0.15, 0.2) is 66.7 Å². The van der Waals surface area contributed by atoms with Crippen LogP contribution in [-0.2, 0) is 11.2 Å². The Balaban J connectivity index is 1.61. The monoisotopic (exact) mass is 419 g/mol. The predicted octanol–water partition coefficient (Wildman–Crippen LogP) is 5.19. The van der Waals surface area contributed by atoms with Gasteiger partial charge in [0, 0.05) is 6.42 Å². The molecule has 0 radical (unpaired) electrons. The molecule has 1 N–H and O–H groups in total. The van der Waals surface area contributed by atoms with Gasteiger partial charge in [-0.1, -0.05) is 60.7 Å². The first-order valence-electron chi connectivity index (χ1n) is 10.3. The number of carbonyl (C=O) groups is 1. The summed E-state index contributed by atoms with van der Waals surface area (Å²) in [6.45, 7) is 1.99. The van der Waals surface area contributed by atoms with E-state index in [0.29, 0.717) is 30.1 Å². The maximum atomic E-state index is 12.6. The first-order chi connectivity index (χ1) is 15.1. The quantitative estimate of drug-likeness (QED) is 0.519. The van der Waals surface area contributed by atoms with Gasteiger partial charge in [0.1, 0.15) is 0 Å². The van der Waals surface area contributed by atoms with Crippen LogP contribution >= 0.6 is 0 Å². The molecule has 0 saturated heterocycles. The smallest absolute Gasteiger partial charge is 0.220 e. The average molecular weight is 420 g/mol. The largest absolute Gasteiger partial charge is 0.493 e. The molecule has 0 heterocycles. The van der Waals surface area contributed by atoms with Crippen molar-refractivity contribution in [3.8, 4) is 28.4 Å². The van der Waals surface area contributed by atoms with Gasteiger partial charge in [-0.05, 0) is 41.7 Å². The van der Waals surface area contributed by atoms with Crippen LogP contribution in [0.3, 0.4) is 0 Å². The van der Waals surface area contributed by atoms with Crippen LogP contribution < -0.4 is 19.5 Å². The van der Waals surface area contributed by atoms with Crippen molar-refractivity contribution in [2.24, 2.45) is 0 Å². The van der Waals surface area contributed by atoms with E-state index in [1.807, 2.05) is 37.3 Å². The number of rotatable bonds is 9. The summed E-state index contributed by atoms with van der Waals surface area (Å²) in [7, 11) is 4.74. The highest BCUT2D eigenvalue weighted by molar-refractivity contribution is 5.77. The van der Waals surface area contributed by atoms with E-state index in [9.17, 15) is 4.79 Å². The second-order valence-corrected chi connectivity index (χ2v) is 7.27. The van der Waals surface area contributed by atoms with E-state index in [4.69, 9.17) is 14.2 Å². The van der Waals surface area contributed by atoms with E-state index in [2.05, 4.69) is 41.7 Å². The maximum Gasteiger partial charge on any atom is 0.220 e. The Morgan fingerprint density at radius 2 is 1.45 bits per heavy atom. The van der Waals surface area contributed by atoms with Crippen molar-refractivity contribution >= 4 is 5.91 Å². The predicted molar refractivity (Wildman–Crippen MR) is 123 cm³/mol. The number of amides is 1. The molecule has 3 aromatic carbocycles. The molecular weight excluding hydrogens is 390 g/mol. The molecule has 1 unspecified atom stereocenters. The molecule has 0 bridgehead atoms. The van der Waals surface area contributed by atoms with Gasteiger partial charge in [-0.2, -0.15) is 0 Å². The number of nitrogens with one attached hydrogen (secondary N) is 1. The zero-order valence-corrected chi connectivity index (χ0v) is 18.5. The minimum atomic E-state index is -0.0791. The zero-order valence-electron chi connectivity index (χ0n) is 18.5. The molecule has 0 aromatic heterocycles. The lowest BCUT2D eigenvalue weighted by Crippen LogP contribution is -2.26. The topological polar surface area (TPSA) is 56.8 Å². The van der Waals surface area contributed by atoms with Crippen LogP contribution in [0.5, 0.6) is 17.2 Å². The normalized spacial score (nSPS) is 11.5. The van der Waals surface area contributed by atoms with E-state index in [0.717, 1.165) is 16.7 Å². The Kier molecular flexibility index (Phi) is 7.55. The van der Waals surface area contributed by atoms with Gasteiger partial charge in [0.15, 0.2) is 11.5 Å². The molecular formula is C26H29NO4. The molecule has 31 heavy (non-hydrogen) atoms. The Bertz CT molecular complexity index is 1000. The maximum absolute atomic E-state index is 12.6. The minimum absolute atomic E-state index is 0.0172. The van der Waals surface area contributed by atoms with Crippen molar-refractivity contribution in [3.05, 3.63) is 77.9 Å². The summed E-state index contributed by atoms with van der Waals surface area (Å²) >= 11 is 0. The van der Waals surface area contributed by atoms with Gasteiger partial charge in [-0.25, -0.2) is 0 Å². The molecule has 0 aliphatic heterocycles. The number of carbonyl (C=O) groups excluding carboxylic acids is 1. The number of hydrogen-bond donors (Lipinski definition) is 1. The summed E-state index contributed by atoms with van der Waals surface area (Å²) in [6.07, 6.45) is 0.882. The molecule has 0 aliphatic rings. The molecule has 5 nitrogen and oxygen atoms in total. The van der Waals surface area contributed by atoms with Crippen molar-refractivity contribution in [2.45, 2.75) is 25.8 Å². The molecule has 3 aromatic rings. The number of benzene rings is 3. The van der Waals surface area contributed by atoms with Crippen molar-refractivity contribution < 1.29 is 19.0 Å². The molecule has 0 aliphatic carbocycles. The van der Waals surface area contributed by atoms with E-state index >= 15 is 0 Å². The fourth-order valence-corrected chi connectivity index (χ4v) is 3.60. The van der Waals surface area contributed by atoms with Crippen molar-refractivity contribution in [3.63, 3.8) is 0 Å². The lowest BCUT2D eigenvalue weighted by atomic mass is 10.0. The summed E-state index contributed by atoms with van der Waals surface area (Å²) in [5.74, 6) is 1.71. The van der Waals surface area contributed by atoms with E-state index in [1.54, 1.807) is 21.3 Å². The minimum Gasteiger partial charge on any atom is -0.493 e. The molecule has 3 rings (SSSR count). The van der Waals surface area contributed by atoms with Crippen molar-refractivity contribution in [1.82, 2.24) is 5.32 Å². The van der Waals surface area contributed by atoms with Gasteiger partial charge in [0.25, 0.3) is 0 Å². The Labute approximate surface area is 184 Å². The zero-order chi connectivity index (χ0) is 22.2. The lowest BCUT2D eigenvalue weighted by Gasteiger charge is -2.17. The van der Waals surface area contributed by atoms with Gasteiger partial charge < -0.3 is 19.5 Å². The van der Waals surface area contributed by atoms with Crippen LogP contribution in [-0.4, -0.2) is 27.2 Å². The van der Waals surface area contributed by atoms with Gasteiger partial charge in [0.05, 0.1) is 27.4 Å². The Morgan fingerprint density at radius 3 is 2.06 bits per heavy atom. The SMILES string of the molecule is COc1ccc(CCC(=O)NC(C)c2ccc(-c3ccccc3)cc2)c(OC)c1OC. The molecule has 1 amide bonds. The van der Waals surface area contributed by atoms with Crippen LogP contribution in [0.4, 0.5) is 0 Å². The van der Waals surface area contributed by atoms with Crippen molar-refractivity contribution in [1.29, 1.82) is 0 Å². The molecule has 1 atom stereocenters. The highest BCUT2D eigenvalue weighted by Crippen LogP contribution is 2.40. The van der Waals surface area contributed by atoms with Crippen LogP contribution in [0, 0.1) is 0 Å². The number of aryl methyl sites for hydroxylation is 1. The van der Waals surface area contributed by atoms with Gasteiger partial charge >= 0.3 is 0 Å². The third-order valence-electron chi connectivity index (χ3n) is 5.30. The Morgan fingerprint density at radius 1 is 0.806 bits per heavy atom. The number of ether oxygens (including phenoxy) is 3. The number of methoxy groups -OCH3 is 3. The third-order valence-corrected chi connectivity index (χ3v) is 5.30. The molecule has 0 spiro atoms. The molecule has 0 saturated carbocycles. The first kappa shape index (κ1) is 22.2. The van der Waals surface area contributed by atoms with Crippen LogP contribution in [0.1, 0.15) is 30.5 Å². The summed E-state index contributed by atoms with van der Waals surface area (Å²) in [4.78, 5) is 12.6. The molecule has 162 valence electrons. The van der Waals surface area contributed by atoms with E-state index < -0.39 is 0 Å². The second-order valence-electron chi connectivity index (χ2n) is 7.27. The molecule has 0 fully saturated rings. The fourth-order valence-electron chi connectivity index (χ4n) is 3.60. The Hall–Kier alpha value is -3.47.